The molecular formula is C17H24O. The van der Waals surface area contributed by atoms with Crippen LogP contribution in [0.15, 0.2) is 30.3 Å². The molecule has 1 heteroatoms. The molecule has 0 aliphatic rings. The molecule has 0 aromatic heterocycles. The second-order valence-corrected chi connectivity index (χ2v) is 4.57. The Balaban J connectivity index is 2.39. The van der Waals surface area contributed by atoms with Gasteiger partial charge in [-0.1, -0.05) is 56.5 Å². The van der Waals surface area contributed by atoms with Crippen molar-refractivity contribution in [3.63, 3.8) is 0 Å². The van der Waals surface area contributed by atoms with Crippen LogP contribution in [0.3, 0.4) is 0 Å². The van der Waals surface area contributed by atoms with Crippen LogP contribution >= 0.6 is 0 Å². The van der Waals surface area contributed by atoms with Crippen LogP contribution in [0.1, 0.15) is 57.1 Å². The summed E-state index contributed by atoms with van der Waals surface area (Å²) in [4.78, 5) is 0. The van der Waals surface area contributed by atoms with Crippen molar-refractivity contribution in [1.29, 1.82) is 0 Å². The lowest BCUT2D eigenvalue weighted by molar-refractivity contribution is 0.0450. The van der Waals surface area contributed by atoms with Gasteiger partial charge >= 0.3 is 0 Å². The molecule has 98 valence electrons. The summed E-state index contributed by atoms with van der Waals surface area (Å²) >= 11 is 0. The second-order valence-electron chi connectivity index (χ2n) is 4.57. The van der Waals surface area contributed by atoms with Gasteiger partial charge in [0.25, 0.3) is 0 Å². The lowest BCUT2D eigenvalue weighted by atomic mass is 10.0. The van der Waals surface area contributed by atoms with Crippen molar-refractivity contribution in [2.75, 3.05) is 6.61 Å². The quantitative estimate of drug-likeness (QED) is 0.450. The monoisotopic (exact) mass is 244 g/mol. The minimum Gasteiger partial charge on any atom is -0.373 e. The largest absolute Gasteiger partial charge is 0.373 e. The normalized spacial score (nSPS) is 12.0. The summed E-state index contributed by atoms with van der Waals surface area (Å²) < 4.78 is 5.98. The van der Waals surface area contributed by atoms with Gasteiger partial charge in [0.05, 0.1) is 6.10 Å². The molecule has 1 nitrogen and oxygen atoms in total. The first kappa shape index (κ1) is 14.8. The minimum atomic E-state index is 0.156. The van der Waals surface area contributed by atoms with Crippen LogP contribution in [-0.2, 0) is 4.74 Å². The summed E-state index contributed by atoms with van der Waals surface area (Å²) in [7, 11) is 0. The van der Waals surface area contributed by atoms with Crippen molar-refractivity contribution < 1.29 is 4.74 Å². The van der Waals surface area contributed by atoms with Crippen molar-refractivity contribution in [1.82, 2.24) is 0 Å². The molecule has 18 heavy (non-hydrogen) atoms. The van der Waals surface area contributed by atoms with Crippen LogP contribution in [0.25, 0.3) is 0 Å². The Morgan fingerprint density at radius 3 is 2.61 bits per heavy atom. The molecule has 1 rings (SSSR count). The summed E-state index contributed by atoms with van der Waals surface area (Å²) in [6, 6.07) is 10.4. The molecule has 0 radical (unpaired) electrons. The molecule has 0 aliphatic heterocycles. The molecular weight excluding hydrogens is 220 g/mol. The standard InChI is InChI=1S/C17H24O/c1-3-5-7-11-15-18-17(14-6-4-2)16-12-9-8-10-13-16/h2,8-10,12-13,17H,3,5-7,11,14-15H2,1H3/t17-/m0/s1. The molecule has 0 aliphatic carbocycles. The lowest BCUT2D eigenvalue weighted by Crippen LogP contribution is -2.05. The number of benzene rings is 1. The highest BCUT2D eigenvalue weighted by molar-refractivity contribution is 5.17. The van der Waals surface area contributed by atoms with Gasteiger partial charge in [-0.2, -0.15) is 0 Å². The fourth-order valence-electron chi connectivity index (χ4n) is 1.98. The fourth-order valence-corrected chi connectivity index (χ4v) is 1.98. The van der Waals surface area contributed by atoms with Gasteiger partial charge in [0.1, 0.15) is 0 Å². The Labute approximate surface area is 112 Å². The molecule has 1 atom stereocenters. The van der Waals surface area contributed by atoms with Gasteiger partial charge in [-0.25, -0.2) is 0 Å². The van der Waals surface area contributed by atoms with E-state index in [1.54, 1.807) is 0 Å². The maximum Gasteiger partial charge on any atom is 0.0834 e. The Bertz CT molecular complexity index is 336. The summed E-state index contributed by atoms with van der Waals surface area (Å²) in [5.74, 6) is 2.70. The summed E-state index contributed by atoms with van der Waals surface area (Å²) in [6.45, 7) is 3.06. The third kappa shape index (κ3) is 5.89. The summed E-state index contributed by atoms with van der Waals surface area (Å²) in [5, 5.41) is 0. The number of rotatable bonds is 9. The van der Waals surface area contributed by atoms with E-state index in [2.05, 4.69) is 37.1 Å². The van der Waals surface area contributed by atoms with Crippen LogP contribution in [0.4, 0.5) is 0 Å². The lowest BCUT2D eigenvalue weighted by Gasteiger charge is -2.17. The number of hydrogen-bond donors (Lipinski definition) is 0. The van der Waals surface area contributed by atoms with E-state index in [-0.39, 0.29) is 6.10 Å². The van der Waals surface area contributed by atoms with Gasteiger partial charge in [0.15, 0.2) is 0 Å². The molecule has 0 heterocycles. The van der Waals surface area contributed by atoms with Gasteiger partial charge in [0.2, 0.25) is 0 Å². The minimum absolute atomic E-state index is 0.156. The molecule has 0 saturated carbocycles. The van der Waals surface area contributed by atoms with Gasteiger partial charge in [0, 0.05) is 13.0 Å². The van der Waals surface area contributed by atoms with Crippen LogP contribution in [0.2, 0.25) is 0 Å². The molecule has 0 amide bonds. The molecule has 1 aromatic rings. The number of terminal acetylenes is 1. The first-order valence-corrected chi connectivity index (χ1v) is 6.98. The highest BCUT2D eigenvalue weighted by Gasteiger charge is 2.10. The Hall–Kier alpha value is -1.26. The molecule has 0 spiro atoms. The van der Waals surface area contributed by atoms with E-state index in [1.165, 1.54) is 24.8 Å². The highest BCUT2D eigenvalue weighted by atomic mass is 16.5. The number of ether oxygens (including phenoxy) is 1. The van der Waals surface area contributed by atoms with Crippen molar-refractivity contribution >= 4 is 0 Å². The van der Waals surface area contributed by atoms with Gasteiger partial charge in [-0.15, -0.1) is 12.3 Å². The zero-order valence-electron chi connectivity index (χ0n) is 11.4. The van der Waals surface area contributed by atoms with E-state index in [0.717, 1.165) is 25.9 Å². The zero-order chi connectivity index (χ0) is 13.1. The average molecular weight is 244 g/mol. The molecule has 1 aromatic carbocycles. The summed E-state index contributed by atoms with van der Waals surface area (Å²) in [6.07, 6.45) is 12.1. The van der Waals surface area contributed by atoms with Crippen LogP contribution in [0, 0.1) is 12.3 Å². The molecule has 0 unspecified atom stereocenters. The van der Waals surface area contributed by atoms with E-state index in [4.69, 9.17) is 11.2 Å². The maximum atomic E-state index is 5.98. The molecule has 0 saturated heterocycles. The SMILES string of the molecule is C#CCC[C@H](OCCCCCC)c1ccccc1. The molecule has 0 bridgehead atoms. The van der Waals surface area contributed by atoms with Crippen molar-refractivity contribution in [2.24, 2.45) is 0 Å². The van der Waals surface area contributed by atoms with Crippen LogP contribution in [-0.4, -0.2) is 6.61 Å². The zero-order valence-corrected chi connectivity index (χ0v) is 11.4. The van der Waals surface area contributed by atoms with E-state index >= 15 is 0 Å². The number of unbranched alkanes of at least 4 members (excludes halogenated alkanes) is 3. The molecule has 0 fully saturated rings. The first-order chi connectivity index (χ1) is 8.88. The summed E-state index contributed by atoms with van der Waals surface area (Å²) in [5.41, 5.74) is 1.24. The predicted octanol–water partition coefficient (Wildman–Crippen LogP) is 4.74. The van der Waals surface area contributed by atoms with Crippen molar-refractivity contribution in [3.8, 4) is 12.3 Å². The third-order valence-corrected chi connectivity index (χ3v) is 3.04. The van der Waals surface area contributed by atoms with E-state index in [0.29, 0.717) is 0 Å². The fraction of sp³-hybridized carbons (Fsp3) is 0.529. The second kappa shape index (κ2) is 9.74. The third-order valence-electron chi connectivity index (χ3n) is 3.04. The van der Waals surface area contributed by atoms with Gasteiger partial charge in [-0.05, 0) is 18.4 Å². The van der Waals surface area contributed by atoms with E-state index in [1.807, 2.05) is 6.07 Å². The Morgan fingerprint density at radius 2 is 1.94 bits per heavy atom. The highest BCUT2D eigenvalue weighted by Crippen LogP contribution is 2.22. The molecule has 0 N–H and O–H groups in total. The van der Waals surface area contributed by atoms with Gasteiger partial charge in [-0.3, -0.25) is 0 Å². The van der Waals surface area contributed by atoms with Crippen molar-refractivity contribution in [2.45, 2.75) is 51.6 Å². The maximum absolute atomic E-state index is 5.98. The average Bonchev–Trinajstić information content (AvgIpc) is 2.43. The van der Waals surface area contributed by atoms with Gasteiger partial charge < -0.3 is 4.74 Å². The predicted molar refractivity (Wildman–Crippen MR) is 77.3 cm³/mol. The topological polar surface area (TPSA) is 9.23 Å². The van der Waals surface area contributed by atoms with E-state index in [9.17, 15) is 0 Å². The van der Waals surface area contributed by atoms with Crippen molar-refractivity contribution in [3.05, 3.63) is 35.9 Å². The first-order valence-electron chi connectivity index (χ1n) is 6.98. The smallest absolute Gasteiger partial charge is 0.0834 e. The van der Waals surface area contributed by atoms with Crippen LogP contribution in [0.5, 0.6) is 0 Å². The van der Waals surface area contributed by atoms with Crippen LogP contribution < -0.4 is 0 Å². The number of hydrogen-bond acceptors (Lipinski definition) is 1. The Kier molecular flexibility index (Phi) is 8.01. The Morgan fingerprint density at radius 1 is 1.17 bits per heavy atom. The van der Waals surface area contributed by atoms with E-state index < -0.39 is 0 Å².